The molecule has 142 valence electrons. The van der Waals surface area contributed by atoms with Gasteiger partial charge in [-0.3, -0.25) is 0 Å². The van der Waals surface area contributed by atoms with Crippen molar-refractivity contribution < 1.29 is 19.0 Å². The number of nitrogens with zero attached hydrogens (tertiary/aromatic N) is 1. The Morgan fingerprint density at radius 3 is 2.48 bits per heavy atom. The molecule has 1 fully saturated rings. The maximum atomic E-state index is 13.3. The van der Waals surface area contributed by atoms with Crippen molar-refractivity contribution in [1.82, 2.24) is 4.90 Å². The molecule has 2 atom stereocenters. The summed E-state index contributed by atoms with van der Waals surface area (Å²) in [5, 5.41) is 9.27. The lowest BCUT2D eigenvalue weighted by Gasteiger charge is -2.43. The first-order chi connectivity index (χ1) is 12.9. The minimum Gasteiger partial charge on any atom is -0.438 e. The number of benzene rings is 2. The van der Waals surface area contributed by atoms with Gasteiger partial charge in [0.25, 0.3) is 0 Å². The minimum atomic E-state index is -0.822. The number of carbonyl (C=O) groups excluding carboxylic acids is 1. The highest BCUT2D eigenvalue weighted by atomic mass is 19.1. The summed E-state index contributed by atoms with van der Waals surface area (Å²) < 4.78 is 19.3. The van der Waals surface area contributed by atoms with Gasteiger partial charge in [-0.15, -0.1) is 0 Å². The van der Waals surface area contributed by atoms with E-state index in [-0.39, 0.29) is 24.6 Å². The monoisotopic (exact) mass is 369 g/mol. The molecule has 0 unspecified atom stereocenters. The lowest BCUT2D eigenvalue weighted by molar-refractivity contribution is -0.0680. The summed E-state index contributed by atoms with van der Waals surface area (Å²) in [4.78, 5) is 14.6. The van der Waals surface area contributed by atoms with Crippen LogP contribution in [0.25, 0.3) is 0 Å². The Morgan fingerprint density at radius 2 is 1.89 bits per heavy atom. The first kappa shape index (κ1) is 19.4. The van der Waals surface area contributed by atoms with Crippen LogP contribution in [0.15, 0.2) is 48.5 Å². The van der Waals surface area contributed by atoms with E-state index in [1.165, 1.54) is 17.6 Å². The van der Waals surface area contributed by atoms with Crippen LogP contribution in [-0.4, -0.2) is 37.1 Å². The number of hydrogen-bond donors (Lipinski definition) is 1. The summed E-state index contributed by atoms with van der Waals surface area (Å²) in [5.41, 5.74) is 2.18. The van der Waals surface area contributed by atoms with Gasteiger partial charge in [0.15, 0.2) is 0 Å². The highest BCUT2D eigenvalue weighted by molar-refractivity contribution is 6.32. The number of halogens is 1. The fraction of sp³-hybridized carbons (Fsp3) is 0.381. The van der Waals surface area contributed by atoms with E-state index in [2.05, 4.69) is 0 Å². The van der Waals surface area contributed by atoms with Gasteiger partial charge in [0, 0.05) is 19.6 Å². The molecule has 1 saturated heterocycles. The normalized spacial score (nSPS) is 21.0. The molecule has 0 aromatic heterocycles. The summed E-state index contributed by atoms with van der Waals surface area (Å²) in [7, 11) is 2.03. The first-order valence-corrected chi connectivity index (χ1v) is 9.38. The Hall–Kier alpha value is -2.34. The molecule has 1 heterocycles. The largest absolute Gasteiger partial charge is 0.438 e. The molecule has 1 N–H and O–H groups in total. The van der Waals surface area contributed by atoms with E-state index in [0.29, 0.717) is 25.8 Å². The van der Waals surface area contributed by atoms with E-state index in [1.807, 2.05) is 39.0 Å². The number of rotatable bonds is 6. The zero-order chi connectivity index (χ0) is 19.4. The van der Waals surface area contributed by atoms with Crippen LogP contribution in [0.4, 0.5) is 9.18 Å². The standard InChI is InChI=1S/C21H25BFNO3/c1-15(16-3-7-18(22)8-4-16)24-13-12-21(11-2-14-25,27-20(24)26)17-5-9-19(23)10-6-17/h3-10,15,25H,2,11-14,22H2,1H3/t15-,21+/m0/s1. The predicted octanol–water partition coefficient (Wildman–Crippen LogP) is 2.66. The molecule has 0 aliphatic carbocycles. The third kappa shape index (κ3) is 4.16. The quantitative estimate of drug-likeness (QED) is 0.797. The third-order valence-corrected chi connectivity index (χ3v) is 5.41. The molecule has 4 nitrogen and oxygen atoms in total. The average Bonchev–Trinajstić information content (AvgIpc) is 2.67. The molecule has 0 radical (unpaired) electrons. The topological polar surface area (TPSA) is 49.8 Å². The van der Waals surface area contributed by atoms with Gasteiger partial charge in [-0.05, 0) is 43.0 Å². The van der Waals surface area contributed by atoms with Gasteiger partial charge < -0.3 is 14.7 Å². The number of aliphatic hydroxyl groups excluding tert-OH is 1. The Kier molecular flexibility index (Phi) is 5.85. The summed E-state index contributed by atoms with van der Waals surface area (Å²) >= 11 is 0. The van der Waals surface area contributed by atoms with Crippen molar-refractivity contribution in [3.05, 3.63) is 65.5 Å². The van der Waals surface area contributed by atoms with Gasteiger partial charge in [0.1, 0.15) is 19.3 Å². The lowest BCUT2D eigenvalue weighted by atomic mass is 9.84. The van der Waals surface area contributed by atoms with Crippen molar-refractivity contribution >= 4 is 19.4 Å². The molecule has 0 saturated carbocycles. The summed E-state index contributed by atoms with van der Waals surface area (Å²) in [6.07, 6.45) is 1.24. The number of ether oxygens (including phenoxy) is 1. The van der Waals surface area contributed by atoms with Crippen LogP contribution in [0, 0.1) is 5.82 Å². The van der Waals surface area contributed by atoms with Crippen LogP contribution in [0.1, 0.15) is 43.4 Å². The lowest BCUT2D eigenvalue weighted by Crippen LogP contribution is -2.48. The van der Waals surface area contributed by atoms with Gasteiger partial charge in [-0.25, -0.2) is 9.18 Å². The van der Waals surface area contributed by atoms with Gasteiger partial charge in [0.05, 0.1) is 6.04 Å². The van der Waals surface area contributed by atoms with E-state index < -0.39 is 5.60 Å². The molecule has 1 aliphatic rings. The number of amides is 1. The average molecular weight is 369 g/mol. The maximum Gasteiger partial charge on any atom is 0.411 e. The third-order valence-electron chi connectivity index (χ3n) is 5.41. The zero-order valence-electron chi connectivity index (χ0n) is 15.8. The van der Waals surface area contributed by atoms with Crippen molar-refractivity contribution in [2.45, 2.75) is 37.8 Å². The van der Waals surface area contributed by atoms with Gasteiger partial charge >= 0.3 is 6.09 Å². The molecule has 3 rings (SSSR count). The first-order valence-electron chi connectivity index (χ1n) is 9.38. The summed E-state index contributed by atoms with van der Waals surface area (Å²) in [6.45, 7) is 2.55. The second kappa shape index (κ2) is 8.13. The smallest absolute Gasteiger partial charge is 0.411 e. The highest BCUT2D eigenvalue weighted by Crippen LogP contribution is 2.40. The fourth-order valence-electron chi connectivity index (χ4n) is 3.69. The van der Waals surface area contributed by atoms with E-state index in [1.54, 1.807) is 17.0 Å². The Balaban J connectivity index is 1.81. The number of cyclic esters (lactones) is 1. The number of carbonyl (C=O) groups is 1. The minimum absolute atomic E-state index is 0.0178. The van der Waals surface area contributed by atoms with Crippen molar-refractivity contribution in [3.63, 3.8) is 0 Å². The van der Waals surface area contributed by atoms with Crippen LogP contribution in [0.3, 0.4) is 0 Å². The van der Waals surface area contributed by atoms with Crippen LogP contribution < -0.4 is 5.46 Å². The molecule has 0 spiro atoms. The Bertz CT molecular complexity index is 781. The predicted molar refractivity (Wildman–Crippen MR) is 105 cm³/mol. The van der Waals surface area contributed by atoms with Crippen molar-refractivity contribution in [3.8, 4) is 0 Å². The highest BCUT2D eigenvalue weighted by Gasteiger charge is 2.43. The van der Waals surface area contributed by atoms with Crippen molar-refractivity contribution in [1.29, 1.82) is 0 Å². The molecule has 1 aliphatic heterocycles. The number of hydrogen-bond acceptors (Lipinski definition) is 3. The van der Waals surface area contributed by atoms with Gasteiger partial charge in [-0.2, -0.15) is 0 Å². The molecule has 27 heavy (non-hydrogen) atoms. The number of aliphatic hydroxyl groups is 1. The summed E-state index contributed by atoms with van der Waals surface area (Å²) in [5.74, 6) is -0.326. The maximum absolute atomic E-state index is 13.3. The zero-order valence-corrected chi connectivity index (χ0v) is 15.8. The van der Waals surface area contributed by atoms with Gasteiger partial charge in [-0.1, -0.05) is 41.9 Å². The Labute approximate surface area is 160 Å². The Morgan fingerprint density at radius 1 is 1.22 bits per heavy atom. The molecule has 6 heteroatoms. The fourth-order valence-corrected chi connectivity index (χ4v) is 3.69. The molecule has 0 bridgehead atoms. The van der Waals surface area contributed by atoms with Crippen LogP contribution in [0.2, 0.25) is 0 Å². The second-order valence-corrected chi connectivity index (χ2v) is 7.23. The second-order valence-electron chi connectivity index (χ2n) is 7.23. The van der Waals surface area contributed by atoms with Crippen molar-refractivity contribution in [2.24, 2.45) is 0 Å². The van der Waals surface area contributed by atoms with E-state index >= 15 is 0 Å². The van der Waals surface area contributed by atoms with Crippen LogP contribution >= 0.6 is 0 Å². The van der Waals surface area contributed by atoms with Gasteiger partial charge in [0.2, 0.25) is 0 Å². The van der Waals surface area contributed by atoms with Crippen molar-refractivity contribution in [2.75, 3.05) is 13.2 Å². The molecule has 2 aromatic carbocycles. The van der Waals surface area contributed by atoms with E-state index in [0.717, 1.165) is 11.1 Å². The molecular formula is C21H25BFNO3. The molecule has 1 amide bonds. The molecular weight excluding hydrogens is 344 g/mol. The summed E-state index contributed by atoms with van der Waals surface area (Å²) in [6, 6.07) is 14.1. The molecule has 2 aromatic rings. The van der Waals surface area contributed by atoms with Crippen LogP contribution in [-0.2, 0) is 10.3 Å². The van der Waals surface area contributed by atoms with E-state index in [4.69, 9.17) is 4.74 Å². The van der Waals surface area contributed by atoms with Crippen LogP contribution in [0.5, 0.6) is 0 Å². The SMILES string of the molecule is Bc1ccc([C@H](C)N2CC[C@](CCCO)(c3ccc(F)cc3)OC2=O)cc1. The van der Waals surface area contributed by atoms with E-state index in [9.17, 15) is 14.3 Å².